The molecule has 9 rings (SSSR count). The summed E-state index contributed by atoms with van der Waals surface area (Å²) in [5.41, 5.74) is 4.60. The number of nitrogens with one attached hydrogen (secondary N) is 2. The van der Waals surface area contributed by atoms with Crippen molar-refractivity contribution in [2.24, 2.45) is 11.3 Å². The molecule has 6 bridgehead atoms. The third-order valence-corrected chi connectivity index (χ3v) is 16.3. The summed E-state index contributed by atoms with van der Waals surface area (Å²) in [4.78, 5) is 82.3. The van der Waals surface area contributed by atoms with Crippen molar-refractivity contribution >= 4 is 46.3 Å². The van der Waals surface area contributed by atoms with Crippen molar-refractivity contribution in [1.82, 2.24) is 40.0 Å². The Hall–Kier alpha value is -5.77. The molecule has 402 valence electrons. The number of aromatic nitrogens is 2. The van der Waals surface area contributed by atoms with E-state index in [1.54, 1.807) is 54.4 Å². The number of carbonyl (C=O) groups excluding carboxylic acids is 5. The number of likely N-dealkylation sites (tertiary alicyclic amines) is 1. The summed E-state index contributed by atoms with van der Waals surface area (Å²) in [6, 6.07) is 5.15. The van der Waals surface area contributed by atoms with Gasteiger partial charge in [-0.25, -0.2) is 10.2 Å². The molecular formula is C53H70F3N9O9. The minimum Gasteiger partial charge on any atom is -0.464 e. The van der Waals surface area contributed by atoms with Crippen molar-refractivity contribution in [1.29, 1.82) is 0 Å². The number of hydrogen-bond acceptors (Lipinski definition) is 12. The molecule has 6 aliphatic rings. The van der Waals surface area contributed by atoms with E-state index < -0.39 is 84.0 Å². The predicted octanol–water partition coefficient (Wildman–Crippen LogP) is 5.90. The molecule has 3 aromatic rings. The second-order valence-corrected chi connectivity index (χ2v) is 21.9. The molecule has 1 aliphatic carbocycles. The van der Waals surface area contributed by atoms with Gasteiger partial charge in [-0.15, -0.1) is 0 Å². The fourth-order valence-corrected chi connectivity index (χ4v) is 12.7. The number of alkyl halides is 3. The molecule has 2 aromatic heterocycles. The lowest BCUT2D eigenvalue weighted by Crippen LogP contribution is -2.63. The number of esters is 1. The maximum absolute atomic E-state index is 14.9. The van der Waals surface area contributed by atoms with Crippen molar-refractivity contribution in [3.05, 3.63) is 60.4 Å². The van der Waals surface area contributed by atoms with Gasteiger partial charge in [-0.1, -0.05) is 34.3 Å². The van der Waals surface area contributed by atoms with E-state index >= 15 is 0 Å². The van der Waals surface area contributed by atoms with Gasteiger partial charge in [0.25, 0.3) is 5.91 Å². The number of piperidine rings is 1. The lowest BCUT2D eigenvalue weighted by molar-refractivity contribution is -0.157. The Bertz CT molecular complexity index is 2670. The SMILES string of the molecule is C=CC(=O)N1[C@@H](C)OC2(CCN(C(=O)N(C)[C@H](C(=O)N[C@H]3C[C@H]4CN(CCO4)c4ccc5c(c4)c4c(n5CC(F)(F)F)-c5cccnc5[C@@H](OC)C4C(C)(C)COC(=O)[C@@H]4CCCN(N4)C3=O)C(C)C)CC2)[C@H]1C. The number of morpholine rings is 1. The summed E-state index contributed by atoms with van der Waals surface area (Å²) >= 11 is 0. The summed E-state index contributed by atoms with van der Waals surface area (Å²) in [5.74, 6) is -2.92. The van der Waals surface area contributed by atoms with Gasteiger partial charge in [0, 0.05) is 93.0 Å². The summed E-state index contributed by atoms with van der Waals surface area (Å²) < 4.78 is 70.5. The van der Waals surface area contributed by atoms with E-state index in [-0.39, 0.29) is 56.6 Å². The van der Waals surface area contributed by atoms with Gasteiger partial charge in [0.1, 0.15) is 37.0 Å². The van der Waals surface area contributed by atoms with Gasteiger partial charge in [0.15, 0.2) is 0 Å². The lowest BCUT2D eigenvalue weighted by atomic mass is 9.67. The summed E-state index contributed by atoms with van der Waals surface area (Å²) in [6.45, 7) is 15.3. The van der Waals surface area contributed by atoms with Crippen molar-refractivity contribution in [3.8, 4) is 11.3 Å². The Kier molecular flexibility index (Phi) is 14.6. The summed E-state index contributed by atoms with van der Waals surface area (Å²) in [5, 5.41) is 4.96. The first kappa shape index (κ1) is 53.1. The fraction of sp³-hybridized carbons (Fsp3) is 0.623. The third-order valence-electron chi connectivity index (χ3n) is 16.3. The number of halogens is 3. The zero-order chi connectivity index (χ0) is 53.2. The Morgan fingerprint density at radius 3 is 2.53 bits per heavy atom. The molecule has 21 heteroatoms. The zero-order valence-electron chi connectivity index (χ0n) is 43.6. The Morgan fingerprint density at radius 1 is 1.09 bits per heavy atom. The van der Waals surface area contributed by atoms with Gasteiger partial charge in [0.2, 0.25) is 11.8 Å². The standard InChI is InChI=1S/C53H70F3N9O9/c1-10-40(66)65-31(4)52(74-32(65)5)17-21-61(22-18-52)50(70)60(8)44(30(2)3)47(67)58-38-26-34-27-62(23-24-72-34)33-15-16-39-36(25-33)41-42(51(6,7)29-73-49(69)37-14-12-20-64(59-37)48(38)68)46(71-9)43-35(13-11-19-57-43)45(41)63(39)28-53(54,55)56/h10-11,13,15-16,19,25,30-32,34,37-38,42,44,46,59H,1,12,14,17-18,20-24,26-29H2,2-9H3,(H,58,67)/t31-,32-,34+,37+,38+,42?,44+,46+/m1/s1. The predicted molar refractivity (Wildman–Crippen MR) is 267 cm³/mol. The Morgan fingerprint density at radius 2 is 1.84 bits per heavy atom. The maximum Gasteiger partial charge on any atom is 0.406 e. The highest BCUT2D eigenvalue weighted by Gasteiger charge is 2.54. The van der Waals surface area contributed by atoms with Crippen LogP contribution in [-0.2, 0) is 44.7 Å². The highest BCUT2D eigenvalue weighted by Crippen LogP contribution is 2.57. The van der Waals surface area contributed by atoms with Crippen LogP contribution >= 0.6 is 0 Å². The topological polar surface area (TPSA) is 180 Å². The van der Waals surface area contributed by atoms with Gasteiger partial charge in [0.05, 0.1) is 42.3 Å². The number of amides is 5. The molecule has 4 fully saturated rings. The second-order valence-electron chi connectivity index (χ2n) is 21.9. The lowest BCUT2D eigenvalue weighted by Gasteiger charge is -2.43. The number of methoxy groups -OCH3 is 1. The van der Waals surface area contributed by atoms with Crippen LogP contribution in [0.4, 0.5) is 23.7 Å². The number of carbonyl (C=O) groups is 5. The van der Waals surface area contributed by atoms with Crippen molar-refractivity contribution in [2.45, 2.75) is 140 Å². The van der Waals surface area contributed by atoms with Crippen LogP contribution in [0, 0.1) is 11.3 Å². The largest absolute Gasteiger partial charge is 0.464 e. The number of likely N-dealkylation sites (N-methyl/N-ethyl adjacent to an activating group) is 1. The molecule has 1 aromatic carbocycles. The van der Waals surface area contributed by atoms with Crippen LogP contribution < -0.4 is 15.6 Å². The monoisotopic (exact) mass is 1030 g/mol. The van der Waals surface area contributed by atoms with Crippen LogP contribution in [-0.4, -0.2) is 167 Å². The average molecular weight is 1030 g/mol. The van der Waals surface area contributed by atoms with Crippen LogP contribution in [0.1, 0.15) is 96.9 Å². The molecule has 8 atom stereocenters. The fourth-order valence-electron chi connectivity index (χ4n) is 12.7. The van der Waals surface area contributed by atoms with Gasteiger partial charge in [-0.2, -0.15) is 13.2 Å². The van der Waals surface area contributed by atoms with E-state index in [0.717, 1.165) is 5.69 Å². The van der Waals surface area contributed by atoms with E-state index in [1.165, 1.54) is 20.6 Å². The number of hydrazine groups is 1. The van der Waals surface area contributed by atoms with Crippen LogP contribution in [0.2, 0.25) is 0 Å². The summed E-state index contributed by atoms with van der Waals surface area (Å²) in [7, 11) is 3.12. The van der Waals surface area contributed by atoms with Crippen LogP contribution in [0.25, 0.3) is 22.2 Å². The number of anilines is 1. The quantitative estimate of drug-likeness (QED) is 0.212. The minimum atomic E-state index is -4.58. The highest BCUT2D eigenvalue weighted by molar-refractivity contribution is 5.97. The molecule has 74 heavy (non-hydrogen) atoms. The number of cyclic esters (lactones) is 1. The number of fused-ring (bicyclic) bond motifs is 8. The first-order valence-electron chi connectivity index (χ1n) is 25.8. The Balaban J connectivity index is 1.03. The smallest absolute Gasteiger partial charge is 0.406 e. The molecule has 18 nitrogen and oxygen atoms in total. The molecule has 5 amide bonds. The van der Waals surface area contributed by atoms with Crippen LogP contribution in [0.15, 0.2) is 49.2 Å². The van der Waals surface area contributed by atoms with Gasteiger partial charge in [-0.05, 0) is 87.4 Å². The zero-order valence-corrected chi connectivity index (χ0v) is 43.6. The van der Waals surface area contributed by atoms with Crippen molar-refractivity contribution in [3.63, 3.8) is 0 Å². The number of ether oxygens (including phenoxy) is 4. The number of rotatable bonds is 7. The van der Waals surface area contributed by atoms with Gasteiger partial charge < -0.3 is 48.4 Å². The number of nitrogens with zero attached hydrogens (tertiary/aromatic N) is 7. The van der Waals surface area contributed by atoms with E-state index in [1.807, 2.05) is 47.6 Å². The van der Waals surface area contributed by atoms with E-state index in [2.05, 4.69) is 27.2 Å². The molecule has 5 aliphatic heterocycles. The highest BCUT2D eigenvalue weighted by atomic mass is 19.4. The minimum absolute atomic E-state index is 0.0161. The molecule has 2 N–H and O–H groups in total. The second kappa shape index (κ2) is 20.4. The molecule has 0 radical (unpaired) electrons. The molecule has 0 saturated carbocycles. The molecule has 4 saturated heterocycles. The van der Waals surface area contributed by atoms with Crippen molar-refractivity contribution < 1.29 is 56.1 Å². The van der Waals surface area contributed by atoms with Gasteiger partial charge in [-0.3, -0.25) is 29.2 Å². The molecule has 1 spiro atoms. The van der Waals surface area contributed by atoms with E-state index in [0.29, 0.717) is 78.7 Å². The van der Waals surface area contributed by atoms with E-state index in [9.17, 15) is 37.1 Å². The molecule has 1 unspecified atom stereocenters. The van der Waals surface area contributed by atoms with Crippen LogP contribution in [0.3, 0.4) is 0 Å². The number of pyridine rings is 1. The van der Waals surface area contributed by atoms with Crippen molar-refractivity contribution in [2.75, 3.05) is 65.0 Å². The van der Waals surface area contributed by atoms with Crippen LogP contribution in [0.5, 0.6) is 0 Å². The summed E-state index contributed by atoms with van der Waals surface area (Å²) in [6.07, 6.45) is -1.76. The molecular weight excluding hydrogens is 964 g/mol. The maximum atomic E-state index is 14.9. The normalized spacial score (nSPS) is 27.4. The first-order valence-corrected chi connectivity index (χ1v) is 25.8. The average Bonchev–Trinajstić information content (AvgIpc) is 3.81. The Labute approximate surface area is 429 Å². The molecule has 7 heterocycles. The van der Waals surface area contributed by atoms with E-state index in [4.69, 9.17) is 18.9 Å². The number of urea groups is 1. The number of benzene rings is 1. The third kappa shape index (κ3) is 9.72. The van der Waals surface area contributed by atoms with Gasteiger partial charge >= 0.3 is 18.2 Å². The first-order chi connectivity index (χ1) is 35.1. The number of hydrogen-bond donors (Lipinski definition) is 2.